The van der Waals surface area contributed by atoms with Crippen LogP contribution < -0.4 is 0 Å². The normalized spacial score (nSPS) is 44.7. The third-order valence-electron chi connectivity index (χ3n) is 8.26. The monoisotopic (exact) mass is 810 g/mol. The van der Waals surface area contributed by atoms with Gasteiger partial charge in [0, 0.05) is 0 Å². The van der Waals surface area contributed by atoms with Gasteiger partial charge >= 0.3 is 0 Å². The van der Waals surface area contributed by atoms with Crippen molar-refractivity contribution in [1.29, 1.82) is 0 Å². The first-order chi connectivity index (χ1) is 21.2. The lowest BCUT2D eigenvalue weighted by atomic mass is 9.98. The van der Waals surface area contributed by atoms with Crippen molar-refractivity contribution in [2.45, 2.75) is 116 Å². The van der Waals surface area contributed by atoms with Crippen molar-refractivity contribution in [3.05, 3.63) is 0 Å². The van der Waals surface area contributed by atoms with E-state index in [1.54, 1.807) is 0 Å². The quantitative estimate of drug-likeness (QED) is 0.0921. The minimum absolute atomic E-state index is 0. The van der Waals surface area contributed by atoms with Gasteiger partial charge in [-0.15, -0.1) is 0 Å². The maximum absolute atomic E-state index is 10.5. The van der Waals surface area contributed by atoms with Gasteiger partial charge < -0.3 is 148 Å². The van der Waals surface area contributed by atoms with Crippen LogP contribution in [0.3, 0.4) is 0 Å². The van der Waals surface area contributed by atoms with Gasteiger partial charge in [0.05, 0.1) is 26.4 Å². The van der Waals surface area contributed by atoms with Crippen LogP contribution >= 0.6 is 0 Å². The van der Waals surface area contributed by atoms with Crippen molar-refractivity contribution < 1.29 is 148 Å². The van der Waals surface area contributed by atoms with Crippen LogP contribution in [-0.2, 0) is 33.2 Å². The Bertz CT molecular complexity index is 939. The Morgan fingerprint density at radius 2 is 0.736 bits per heavy atom. The molecule has 4 aliphatic rings. The van der Waals surface area contributed by atoms with Crippen molar-refractivity contribution in [1.82, 2.24) is 0 Å². The van der Waals surface area contributed by atoms with Crippen LogP contribution in [0.4, 0.5) is 0 Å². The zero-order chi connectivity index (χ0) is 33.4. The molecule has 328 valence electrons. The predicted octanol–water partition coefficient (Wildman–Crippen LogP) is -16.3. The Hall–Kier alpha value is -1.16. The zero-order valence-electron chi connectivity index (χ0n) is 27.5. The first kappa shape index (κ1) is 61.1. The average molecular weight is 811 g/mol. The number of aliphatic hydroxyl groups is 14. The molecule has 30 N–H and O–H groups in total. The molecule has 4 fully saturated rings. The second-order valence-corrected chi connectivity index (χ2v) is 11.3. The van der Waals surface area contributed by atoms with E-state index >= 15 is 0 Å². The number of rotatable bonds is 11. The summed E-state index contributed by atoms with van der Waals surface area (Å²) in [5.41, 5.74) is 0. The lowest BCUT2D eigenvalue weighted by Gasteiger charge is -2.45. The Morgan fingerprint density at radius 1 is 0.396 bits per heavy atom. The summed E-state index contributed by atoms with van der Waals surface area (Å²) >= 11 is 0. The van der Waals surface area contributed by atoms with Gasteiger partial charge in [0.25, 0.3) is 0 Å². The Balaban J connectivity index is -0.000000960. The summed E-state index contributed by atoms with van der Waals surface area (Å²) < 4.78 is 37.6. The van der Waals surface area contributed by atoms with Gasteiger partial charge in [-0.2, -0.15) is 0 Å². The largest absolute Gasteiger partial charge is 0.412 e. The first-order valence-corrected chi connectivity index (χ1v) is 14.1. The van der Waals surface area contributed by atoms with Crippen LogP contribution in [0.15, 0.2) is 0 Å². The molecule has 53 heavy (non-hydrogen) atoms. The molecule has 0 spiro atoms. The molecule has 0 aromatic heterocycles. The maximum atomic E-state index is 10.5. The van der Waals surface area contributed by atoms with Gasteiger partial charge in [-0.25, -0.2) is 0 Å². The molecule has 29 heteroatoms. The van der Waals surface area contributed by atoms with Crippen molar-refractivity contribution in [2.75, 3.05) is 33.0 Å². The second-order valence-electron chi connectivity index (χ2n) is 11.3. The molecule has 0 aromatic carbocycles. The van der Waals surface area contributed by atoms with E-state index in [1.165, 1.54) is 0 Å². The highest BCUT2D eigenvalue weighted by atomic mass is 16.8. The molecule has 29 nitrogen and oxygen atoms in total. The number of aliphatic hydroxyl groups excluding tert-OH is 14. The molecule has 0 saturated carbocycles. The van der Waals surface area contributed by atoms with Crippen LogP contribution in [0, 0.1) is 0 Å². The number of ether oxygens (including phenoxy) is 7. The molecule has 4 rings (SSSR count). The van der Waals surface area contributed by atoms with Crippen molar-refractivity contribution >= 4 is 0 Å². The predicted molar refractivity (Wildman–Crippen MR) is 163 cm³/mol. The van der Waals surface area contributed by atoms with Gasteiger partial charge in [-0.1, -0.05) is 0 Å². The molecule has 0 aromatic rings. The van der Waals surface area contributed by atoms with Gasteiger partial charge in [0.15, 0.2) is 18.9 Å². The molecule has 4 aliphatic heterocycles. The van der Waals surface area contributed by atoms with Gasteiger partial charge in [0.2, 0.25) is 5.79 Å². The summed E-state index contributed by atoms with van der Waals surface area (Å²) in [4.78, 5) is 0. The molecule has 0 unspecified atom stereocenters. The minimum atomic E-state index is -2.43. The summed E-state index contributed by atoms with van der Waals surface area (Å²) in [6, 6.07) is 0. The van der Waals surface area contributed by atoms with Gasteiger partial charge in [0.1, 0.15) is 98.2 Å². The number of hydrogen-bond donors (Lipinski definition) is 14. The fourth-order valence-corrected chi connectivity index (χ4v) is 5.39. The second kappa shape index (κ2) is 25.2. The fraction of sp³-hybridized carbons (Fsp3) is 1.00. The fourth-order valence-electron chi connectivity index (χ4n) is 5.39. The smallest absolute Gasteiger partial charge is 0.224 e. The Morgan fingerprint density at radius 3 is 1.09 bits per heavy atom. The van der Waals surface area contributed by atoms with E-state index in [2.05, 4.69) is 0 Å². The highest BCUT2D eigenvalue weighted by molar-refractivity contribution is 4.99. The van der Waals surface area contributed by atoms with Crippen LogP contribution in [-0.4, -0.2) is 265 Å². The van der Waals surface area contributed by atoms with Crippen LogP contribution in [0.5, 0.6) is 0 Å². The lowest BCUT2D eigenvalue weighted by Crippen LogP contribution is -2.64. The topological polar surface area (TPSA) is 600 Å². The van der Waals surface area contributed by atoms with E-state index in [4.69, 9.17) is 33.2 Å². The molecule has 0 aliphatic carbocycles. The molecule has 0 bridgehead atoms. The summed E-state index contributed by atoms with van der Waals surface area (Å²) in [6.45, 7) is -4.02. The van der Waals surface area contributed by atoms with Crippen LogP contribution in [0.1, 0.15) is 0 Å². The van der Waals surface area contributed by atoms with Crippen LogP contribution in [0.2, 0.25) is 0 Å². The van der Waals surface area contributed by atoms with Gasteiger partial charge in [-0.3, -0.25) is 0 Å². The Kier molecular flexibility index (Phi) is 29.0. The van der Waals surface area contributed by atoms with E-state index in [0.29, 0.717) is 0 Å². The standard InChI is InChI=1S/C24H42O21.8H2O/c25-1-6-10(28)14(32)17(35)21(41-6)39-3-8-11(29)15(33)18(36)22(42-8)40-4-9-12(30)16(34)19(37)23(43-9)45-24(5-27)20(38)13(31)7(2-26)44-24;;;;;;;;/h6-23,25-38H,1-5H2;8*1H2/t6-,7-,8-,9-,10+,11+,12-,13-,14+,15+,16+,17-,18-,19-,20+,21+,22+,23-,24+;;;;;;;;/m1......../s1. The Labute approximate surface area is 298 Å². The molecule has 0 amide bonds. The number of hydrogen-bond acceptors (Lipinski definition) is 21. The molecular formula is C24H58O29. The molecule has 0 radical (unpaired) electrons. The van der Waals surface area contributed by atoms with Crippen molar-refractivity contribution in [3.8, 4) is 0 Å². The third-order valence-corrected chi connectivity index (χ3v) is 8.26. The summed E-state index contributed by atoms with van der Waals surface area (Å²) in [5.74, 6) is -2.43. The maximum Gasteiger partial charge on any atom is 0.224 e. The van der Waals surface area contributed by atoms with E-state index in [-0.39, 0.29) is 43.8 Å². The van der Waals surface area contributed by atoms with E-state index in [1.807, 2.05) is 0 Å². The van der Waals surface area contributed by atoms with Crippen molar-refractivity contribution in [2.24, 2.45) is 0 Å². The molecular weight excluding hydrogens is 752 g/mol. The van der Waals surface area contributed by atoms with E-state index in [9.17, 15) is 71.5 Å². The first-order valence-electron chi connectivity index (χ1n) is 14.1. The molecule has 19 atom stereocenters. The molecule has 4 heterocycles. The minimum Gasteiger partial charge on any atom is -0.412 e. The van der Waals surface area contributed by atoms with Gasteiger partial charge in [-0.05, 0) is 0 Å². The third kappa shape index (κ3) is 12.2. The highest BCUT2D eigenvalue weighted by Gasteiger charge is 2.58. The zero-order valence-corrected chi connectivity index (χ0v) is 27.5. The highest BCUT2D eigenvalue weighted by Crippen LogP contribution is 2.36. The molecule has 4 saturated heterocycles. The summed E-state index contributed by atoms with van der Waals surface area (Å²) in [7, 11) is 0. The summed E-state index contributed by atoms with van der Waals surface area (Å²) in [6.07, 6.45) is -31.4. The van der Waals surface area contributed by atoms with E-state index < -0.39 is 149 Å². The SMILES string of the molecule is O.O.O.O.O.O.O.O.OC[C@H]1O[C@H](OC[C@H]2O[C@H](OC[C@H]3O[C@H](O[C@]4(CO)O[C@H](CO)[C@@H](O)[C@@H]4O)[C@H](O)[C@@H](O)[C@@H]3O)[C@H](O)[C@@H](O)[C@H]2O)[C@H](O)[C@@H](O)[C@H]1O. The van der Waals surface area contributed by atoms with Crippen molar-refractivity contribution in [3.63, 3.8) is 0 Å². The summed E-state index contributed by atoms with van der Waals surface area (Å²) in [5, 5.41) is 141. The average Bonchev–Trinajstić information content (AvgIpc) is 3.28. The van der Waals surface area contributed by atoms with E-state index in [0.717, 1.165) is 0 Å². The lowest BCUT2D eigenvalue weighted by molar-refractivity contribution is -0.388. The van der Waals surface area contributed by atoms with Crippen LogP contribution in [0.25, 0.3) is 0 Å².